The van der Waals surface area contributed by atoms with Gasteiger partial charge in [-0.2, -0.15) is 0 Å². The van der Waals surface area contributed by atoms with Gasteiger partial charge in [-0.25, -0.2) is 0 Å². The molecule has 0 saturated heterocycles. The molecule has 6 nitrogen and oxygen atoms in total. The van der Waals surface area contributed by atoms with Gasteiger partial charge in [-0.1, -0.05) is 36.4 Å². The van der Waals surface area contributed by atoms with E-state index >= 15 is 0 Å². The highest BCUT2D eigenvalue weighted by atomic mass is 16.5. The Kier molecular flexibility index (Phi) is 8.78. The van der Waals surface area contributed by atoms with Gasteiger partial charge in [0.2, 0.25) is 0 Å². The summed E-state index contributed by atoms with van der Waals surface area (Å²) in [4.78, 5) is 0. The van der Waals surface area contributed by atoms with Crippen molar-refractivity contribution >= 4 is 0 Å². The molecule has 0 amide bonds. The molecule has 0 aliphatic carbocycles. The van der Waals surface area contributed by atoms with Gasteiger partial charge < -0.3 is 29.6 Å². The zero-order chi connectivity index (χ0) is 22.8. The molecule has 0 heterocycles. The van der Waals surface area contributed by atoms with Crippen LogP contribution in [0.3, 0.4) is 0 Å². The summed E-state index contributed by atoms with van der Waals surface area (Å²) in [7, 11) is 6.59. The van der Waals surface area contributed by atoms with Gasteiger partial charge in [0.15, 0.2) is 23.0 Å². The minimum Gasteiger partial charge on any atom is -0.493 e. The lowest BCUT2D eigenvalue weighted by Crippen LogP contribution is -2.15. The highest BCUT2D eigenvalue weighted by Gasteiger charge is 2.06. The Bertz CT molecular complexity index is 930. The second kappa shape index (κ2) is 12.0. The van der Waals surface area contributed by atoms with Gasteiger partial charge in [0, 0.05) is 26.2 Å². The highest BCUT2D eigenvalue weighted by Crippen LogP contribution is 2.28. The molecule has 0 spiro atoms. The summed E-state index contributed by atoms with van der Waals surface area (Å²) in [5.41, 5.74) is 4.79. The second-order valence-electron chi connectivity index (χ2n) is 7.41. The number of nitrogens with one attached hydrogen (secondary N) is 2. The molecule has 0 aliphatic heterocycles. The zero-order valence-corrected chi connectivity index (χ0v) is 19.2. The number of rotatable bonds is 12. The van der Waals surface area contributed by atoms with Crippen LogP contribution in [-0.4, -0.2) is 28.4 Å². The minimum atomic E-state index is 0.740. The van der Waals surface area contributed by atoms with Gasteiger partial charge in [-0.3, -0.25) is 0 Å². The summed E-state index contributed by atoms with van der Waals surface area (Å²) in [6, 6.07) is 20.6. The molecule has 3 aromatic rings. The van der Waals surface area contributed by atoms with Crippen LogP contribution in [0.4, 0.5) is 0 Å². The first-order chi connectivity index (χ1) is 15.7. The van der Waals surface area contributed by atoms with Crippen LogP contribution in [0.15, 0.2) is 60.7 Å². The van der Waals surface area contributed by atoms with E-state index in [1.165, 1.54) is 11.1 Å². The Morgan fingerprint density at radius 2 is 0.844 bits per heavy atom. The van der Waals surface area contributed by atoms with Crippen LogP contribution in [0.5, 0.6) is 23.0 Å². The van der Waals surface area contributed by atoms with Gasteiger partial charge in [0.1, 0.15) is 0 Å². The molecule has 0 saturated carbocycles. The quantitative estimate of drug-likeness (QED) is 0.441. The number of hydrogen-bond donors (Lipinski definition) is 2. The van der Waals surface area contributed by atoms with Crippen molar-refractivity contribution in [1.82, 2.24) is 10.6 Å². The molecule has 0 bridgehead atoms. The lowest BCUT2D eigenvalue weighted by molar-refractivity contribution is 0.354. The molecule has 6 heteroatoms. The van der Waals surface area contributed by atoms with Crippen molar-refractivity contribution in [3.8, 4) is 23.0 Å². The first kappa shape index (κ1) is 23.4. The van der Waals surface area contributed by atoms with Crippen LogP contribution >= 0.6 is 0 Å². The van der Waals surface area contributed by atoms with E-state index in [4.69, 9.17) is 18.9 Å². The van der Waals surface area contributed by atoms with E-state index in [0.29, 0.717) is 0 Å². The van der Waals surface area contributed by atoms with Gasteiger partial charge in [-0.05, 0) is 46.5 Å². The molecule has 32 heavy (non-hydrogen) atoms. The van der Waals surface area contributed by atoms with Crippen LogP contribution in [0, 0.1) is 0 Å². The smallest absolute Gasteiger partial charge is 0.161 e. The van der Waals surface area contributed by atoms with Crippen LogP contribution < -0.4 is 29.6 Å². The molecule has 0 atom stereocenters. The molecule has 0 fully saturated rings. The average molecular weight is 437 g/mol. The predicted octanol–water partition coefficient (Wildman–Crippen LogP) is 4.30. The van der Waals surface area contributed by atoms with Gasteiger partial charge >= 0.3 is 0 Å². The molecule has 3 aromatic carbocycles. The molecule has 2 N–H and O–H groups in total. The lowest BCUT2D eigenvalue weighted by Gasteiger charge is -2.12. The number of benzene rings is 3. The minimum absolute atomic E-state index is 0.740. The molecule has 0 unspecified atom stereocenters. The van der Waals surface area contributed by atoms with Crippen molar-refractivity contribution in [2.24, 2.45) is 0 Å². The molecule has 0 aliphatic rings. The molecule has 0 aromatic heterocycles. The van der Waals surface area contributed by atoms with Crippen molar-refractivity contribution in [3.63, 3.8) is 0 Å². The third-order valence-corrected chi connectivity index (χ3v) is 5.20. The normalized spacial score (nSPS) is 10.6. The Labute approximate surface area is 190 Å². The van der Waals surface area contributed by atoms with E-state index in [-0.39, 0.29) is 0 Å². The summed E-state index contributed by atoms with van der Waals surface area (Å²) < 4.78 is 21.4. The average Bonchev–Trinajstić information content (AvgIpc) is 2.84. The maximum atomic E-state index is 5.38. The van der Waals surface area contributed by atoms with Crippen molar-refractivity contribution in [2.75, 3.05) is 28.4 Å². The number of ether oxygens (including phenoxy) is 4. The molecular weight excluding hydrogens is 404 g/mol. The summed E-state index contributed by atoms with van der Waals surface area (Å²) in [6.07, 6.45) is 0. The van der Waals surface area contributed by atoms with Crippen LogP contribution in [-0.2, 0) is 26.2 Å². The summed E-state index contributed by atoms with van der Waals surface area (Å²) in [5, 5.41) is 6.99. The molecule has 3 rings (SSSR count). The third-order valence-electron chi connectivity index (χ3n) is 5.20. The maximum Gasteiger partial charge on any atom is 0.161 e. The lowest BCUT2D eigenvalue weighted by atomic mass is 10.1. The maximum absolute atomic E-state index is 5.38. The van der Waals surface area contributed by atoms with Gasteiger partial charge in [-0.15, -0.1) is 0 Å². The fraction of sp³-hybridized carbons (Fsp3) is 0.308. The van der Waals surface area contributed by atoms with E-state index in [1.807, 2.05) is 36.4 Å². The topological polar surface area (TPSA) is 61.0 Å². The van der Waals surface area contributed by atoms with Crippen molar-refractivity contribution in [3.05, 3.63) is 82.9 Å². The fourth-order valence-electron chi connectivity index (χ4n) is 3.53. The third kappa shape index (κ3) is 6.39. The molecule has 0 radical (unpaired) electrons. The SMILES string of the molecule is COc1ccc(CNCc2cccc(CNCc3ccc(OC)c(OC)c3)c2)cc1OC. The summed E-state index contributed by atoms with van der Waals surface area (Å²) >= 11 is 0. The second-order valence-corrected chi connectivity index (χ2v) is 7.41. The van der Waals surface area contributed by atoms with Crippen LogP contribution in [0.25, 0.3) is 0 Å². The Morgan fingerprint density at radius 3 is 1.22 bits per heavy atom. The molecule has 170 valence electrons. The van der Waals surface area contributed by atoms with Crippen LogP contribution in [0.1, 0.15) is 22.3 Å². The van der Waals surface area contributed by atoms with Gasteiger partial charge in [0.05, 0.1) is 28.4 Å². The van der Waals surface area contributed by atoms with Crippen molar-refractivity contribution in [2.45, 2.75) is 26.2 Å². The highest BCUT2D eigenvalue weighted by molar-refractivity contribution is 5.43. The van der Waals surface area contributed by atoms with E-state index in [0.717, 1.165) is 60.3 Å². The van der Waals surface area contributed by atoms with Gasteiger partial charge in [0.25, 0.3) is 0 Å². The van der Waals surface area contributed by atoms with Crippen molar-refractivity contribution < 1.29 is 18.9 Å². The van der Waals surface area contributed by atoms with E-state index < -0.39 is 0 Å². The Balaban J connectivity index is 1.49. The number of hydrogen-bond acceptors (Lipinski definition) is 6. The number of methoxy groups -OCH3 is 4. The first-order valence-corrected chi connectivity index (χ1v) is 10.6. The Hall–Kier alpha value is -3.22. The fourth-order valence-corrected chi connectivity index (χ4v) is 3.53. The first-order valence-electron chi connectivity index (χ1n) is 10.6. The van der Waals surface area contributed by atoms with E-state index in [1.54, 1.807) is 28.4 Å². The summed E-state index contributed by atoms with van der Waals surface area (Å²) in [5.74, 6) is 2.97. The van der Waals surface area contributed by atoms with E-state index in [9.17, 15) is 0 Å². The standard InChI is InChI=1S/C26H32N2O4/c1-29-23-10-8-21(13-25(23)31-3)17-27-15-19-6-5-7-20(12-19)16-28-18-22-9-11-24(30-2)26(14-22)32-4/h5-14,27-28H,15-18H2,1-4H3. The summed E-state index contributed by atoms with van der Waals surface area (Å²) in [6.45, 7) is 3.08. The monoisotopic (exact) mass is 436 g/mol. The predicted molar refractivity (Wildman–Crippen MR) is 127 cm³/mol. The zero-order valence-electron chi connectivity index (χ0n) is 19.2. The van der Waals surface area contributed by atoms with Crippen molar-refractivity contribution in [1.29, 1.82) is 0 Å². The Morgan fingerprint density at radius 1 is 0.469 bits per heavy atom. The largest absolute Gasteiger partial charge is 0.493 e. The van der Waals surface area contributed by atoms with Crippen LogP contribution in [0.2, 0.25) is 0 Å². The molecular formula is C26H32N2O4. The van der Waals surface area contributed by atoms with E-state index in [2.05, 4.69) is 34.9 Å².